The lowest BCUT2D eigenvalue weighted by atomic mass is 10.0. The molecule has 1 radical (unpaired) electrons. The molecule has 0 bridgehead atoms. The average molecular weight is 282 g/mol. The molecule has 0 aliphatic rings. The Bertz CT molecular complexity index is 229. The lowest BCUT2D eigenvalue weighted by Crippen LogP contribution is -2.20. The predicted octanol–water partition coefficient (Wildman–Crippen LogP) is 4.65. The zero-order chi connectivity index (χ0) is 14.9. The lowest BCUT2D eigenvalue weighted by molar-refractivity contribution is -0.119. The van der Waals surface area contributed by atoms with E-state index in [1.165, 1.54) is 77.0 Å². The SMILES string of the molecule is CCCCCCCCCCCCCCCC(=O)N[C]=O. The van der Waals surface area contributed by atoms with E-state index < -0.39 is 0 Å². The molecule has 0 aromatic carbocycles. The molecule has 0 fully saturated rings. The van der Waals surface area contributed by atoms with Gasteiger partial charge in [-0.05, 0) is 6.42 Å². The number of unbranched alkanes of at least 4 members (excludes halogenated alkanes) is 12. The van der Waals surface area contributed by atoms with Gasteiger partial charge in [-0.2, -0.15) is 0 Å². The van der Waals surface area contributed by atoms with Crippen molar-refractivity contribution >= 4 is 12.3 Å². The van der Waals surface area contributed by atoms with Crippen molar-refractivity contribution in [3.63, 3.8) is 0 Å². The molecular formula is C17H32NO2. The topological polar surface area (TPSA) is 46.2 Å². The smallest absolute Gasteiger partial charge is 0.288 e. The van der Waals surface area contributed by atoms with E-state index in [1.54, 1.807) is 0 Å². The Morgan fingerprint density at radius 1 is 0.750 bits per heavy atom. The summed E-state index contributed by atoms with van der Waals surface area (Å²) in [4.78, 5) is 20.9. The molecule has 3 nitrogen and oxygen atoms in total. The minimum atomic E-state index is -0.205. The van der Waals surface area contributed by atoms with Crippen LogP contribution in [-0.2, 0) is 9.59 Å². The molecule has 0 heterocycles. The zero-order valence-corrected chi connectivity index (χ0v) is 13.2. The van der Waals surface area contributed by atoms with Gasteiger partial charge < -0.3 is 0 Å². The Kier molecular flexibility index (Phi) is 15.5. The highest BCUT2D eigenvalue weighted by Crippen LogP contribution is 2.12. The quantitative estimate of drug-likeness (QED) is 0.351. The van der Waals surface area contributed by atoms with Gasteiger partial charge in [0.05, 0.1) is 0 Å². The van der Waals surface area contributed by atoms with Crippen LogP contribution in [0.15, 0.2) is 0 Å². The van der Waals surface area contributed by atoms with E-state index in [-0.39, 0.29) is 5.91 Å². The predicted molar refractivity (Wildman–Crippen MR) is 84.1 cm³/mol. The first-order valence-electron chi connectivity index (χ1n) is 8.47. The van der Waals surface area contributed by atoms with Gasteiger partial charge in [0.25, 0.3) is 0 Å². The molecule has 0 saturated heterocycles. The number of carbonyl (C=O) groups excluding carboxylic acids is 2. The Hall–Kier alpha value is -0.860. The molecule has 0 aliphatic heterocycles. The van der Waals surface area contributed by atoms with Crippen molar-refractivity contribution in [1.82, 2.24) is 5.32 Å². The van der Waals surface area contributed by atoms with Gasteiger partial charge in [-0.3, -0.25) is 14.9 Å². The first-order valence-corrected chi connectivity index (χ1v) is 8.47. The molecule has 0 aromatic rings. The van der Waals surface area contributed by atoms with Crippen LogP contribution in [0.25, 0.3) is 0 Å². The van der Waals surface area contributed by atoms with Crippen molar-refractivity contribution in [2.24, 2.45) is 0 Å². The van der Waals surface area contributed by atoms with Gasteiger partial charge in [0, 0.05) is 6.42 Å². The molecule has 117 valence electrons. The highest BCUT2D eigenvalue weighted by molar-refractivity contribution is 5.85. The third-order valence-electron chi connectivity index (χ3n) is 3.70. The molecule has 0 saturated carbocycles. The number of nitrogens with one attached hydrogen (secondary N) is 1. The lowest BCUT2D eigenvalue weighted by Gasteiger charge is -2.02. The Balaban J connectivity index is 3.02. The fraction of sp³-hybridized carbons (Fsp3) is 0.882. The Morgan fingerprint density at radius 2 is 1.15 bits per heavy atom. The van der Waals surface area contributed by atoms with Crippen molar-refractivity contribution in [1.29, 1.82) is 0 Å². The normalized spacial score (nSPS) is 10.4. The molecule has 0 rings (SSSR count). The van der Waals surface area contributed by atoms with Gasteiger partial charge in [-0.25, -0.2) is 0 Å². The van der Waals surface area contributed by atoms with E-state index in [9.17, 15) is 9.59 Å². The van der Waals surface area contributed by atoms with E-state index in [0.29, 0.717) is 6.42 Å². The minimum Gasteiger partial charge on any atom is -0.288 e. The molecule has 3 heteroatoms. The number of rotatable bonds is 15. The molecule has 0 aliphatic carbocycles. The second-order valence-corrected chi connectivity index (χ2v) is 5.64. The summed E-state index contributed by atoms with van der Waals surface area (Å²) in [6.45, 7) is 2.26. The average Bonchev–Trinajstić information content (AvgIpc) is 2.44. The summed E-state index contributed by atoms with van der Waals surface area (Å²) in [6, 6.07) is 0. The second-order valence-electron chi connectivity index (χ2n) is 5.64. The van der Waals surface area contributed by atoms with Crippen LogP contribution in [-0.4, -0.2) is 12.3 Å². The highest BCUT2D eigenvalue weighted by atomic mass is 16.2. The highest BCUT2D eigenvalue weighted by Gasteiger charge is 1.99. The first kappa shape index (κ1) is 19.1. The molecule has 0 spiro atoms. The van der Waals surface area contributed by atoms with Gasteiger partial charge in [-0.1, -0.05) is 84.0 Å². The fourth-order valence-electron chi connectivity index (χ4n) is 2.42. The van der Waals surface area contributed by atoms with Gasteiger partial charge in [0.2, 0.25) is 5.91 Å². The van der Waals surface area contributed by atoms with Crippen LogP contribution in [0.1, 0.15) is 96.8 Å². The molecule has 0 unspecified atom stereocenters. The van der Waals surface area contributed by atoms with Crippen molar-refractivity contribution in [3.8, 4) is 0 Å². The molecule has 20 heavy (non-hydrogen) atoms. The zero-order valence-electron chi connectivity index (χ0n) is 13.2. The number of amides is 2. The molecular weight excluding hydrogens is 250 g/mol. The molecule has 2 amide bonds. The maximum atomic E-state index is 11.0. The summed E-state index contributed by atoms with van der Waals surface area (Å²) < 4.78 is 0. The third kappa shape index (κ3) is 15.2. The summed E-state index contributed by atoms with van der Waals surface area (Å²) in [5, 5.41) is 2.04. The summed E-state index contributed by atoms with van der Waals surface area (Å²) >= 11 is 0. The van der Waals surface area contributed by atoms with Crippen LogP contribution in [0.2, 0.25) is 0 Å². The fourth-order valence-corrected chi connectivity index (χ4v) is 2.42. The van der Waals surface area contributed by atoms with E-state index in [0.717, 1.165) is 12.8 Å². The van der Waals surface area contributed by atoms with Crippen molar-refractivity contribution in [2.75, 3.05) is 0 Å². The van der Waals surface area contributed by atoms with E-state index in [1.807, 2.05) is 5.32 Å². The van der Waals surface area contributed by atoms with Crippen LogP contribution >= 0.6 is 0 Å². The van der Waals surface area contributed by atoms with Gasteiger partial charge in [0.1, 0.15) is 0 Å². The van der Waals surface area contributed by atoms with Gasteiger partial charge in [-0.15, -0.1) is 0 Å². The molecule has 1 N–H and O–H groups in total. The summed E-state index contributed by atoms with van der Waals surface area (Å²) in [5.41, 5.74) is 0. The largest absolute Gasteiger partial charge is 0.316 e. The number of hydrogen-bond acceptors (Lipinski definition) is 2. The van der Waals surface area contributed by atoms with Crippen LogP contribution in [0, 0.1) is 0 Å². The summed E-state index contributed by atoms with van der Waals surface area (Å²) in [7, 11) is 0. The maximum Gasteiger partial charge on any atom is 0.316 e. The van der Waals surface area contributed by atoms with E-state index >= 15 is 0 Å². The van der Waals surface area contributed by atoms with Crippen molar-refractivity contribution in [3.05, 3.63) is 0 Å². The minimum absolute atomic E-state index is 0.205. The van der Waals surface area contributed by atoms with Crippen LogP contribution < -0.4 is 5.32 Å². The monoisotopic (exact) mass is 282 g/mol. The Labute approximate surface area is 124 Å². The number of imide groups is 1. The molecule has 0 aromatic heterocycles. The molecule has 0 atom stereocenters. The van der Waals surface area contributed by atoms with Crippen LogP contribution in [0.5, 0.6) is 0 Å². The summed E-state index contributed by atoms with van der Waals surface area (Å²) in [5.74, 6) is -0.205. The van der Waals surface area contributed by atoms with Crippen molar-refractivity contribution < 1.29 is 9.59 Å². The van der Waals surface area contributed by atoms with Crippen molar-refractivity contribution in [2.45, 2.75) is 96.8 Å². The van der Waals surface area contributed by atoms with Crippen LogP contribution in [0.3, 0.4) is 0 Å². The van der Waals surface area contributed by atoms with Crippen LogP contribution in [0.4, 0.5) is 0 Å². The first-order chi connectivity index (χ1) is 9.81. The number of carbonyl (C=O) groups is 1. The number of hydrogen-bond donors (Lipinski definition) is 1. The standard InChI is InChI=1S/C17H32NO2/c1-2-3-4-5-6-7-8-9-10-11-12-13-14-15-17(20)18-16-19/h2-15H2,1H3,(H,18,19,20). The van der Waals surface area contributed by atoms with Gasteiger partial charge >= 0.3 is 6.41 Å². The second kappa shape index (κ2) is 16.2. The van der Waals surface area contributed by atoms with E-state index in [2.05, 4.69) is 6.92 Å². The van der Waals surface area contributed by atoms with E-state index in [4.69, 9.17) is 0 Å². The summed E-state index contributed by atoms with van der Waals surface area (Å²) in [6.07, 6.45) is 18.7. The maximum absolute atomic E-state index is 11.0. The Morgan fingerprint density at radius 3 is 1.55 bits per heavy atom. The van der Waals surface area contributed by atoms with Gasteiger partial charge in [0.15, 0.2) is 0 Å². The third-order valence-corrected chi connectivity index (χ3v) is 3.70.